The van der Waals surface area contributed by atoms with Gasteiger partial charge in [-0.25, -0.2) is 14.6 Å². The van der Waals surface area contributed by atoms with Gasteiger partial charge in [-0.1, -0.05) is 30.3 Å². The first-order valence-electron chi connectivity index (χ1n) is 9.47. The van der Waals surface area contributed by atoms with Crippen molar-refractivity contribution in [2.24, 2.45) is 0 Å². The Morgan fingerprint density at radius 2 is 1.79 bits per heavy atom. The van der Waals surface area contributed by atoms with E-state index in [1.807, 2.05) is 63.2 Å². The number of anilines is 1. The van der Waals surface area contributed by atoms with E-state index in [1.165, 1.54) is 10.7 Å². The second kappa shape index (κ2) is 8.83. The van der Waals surface area contributed by atoms with Gasteiger partial charge < -0.3 is 15.4 Å². The molecule has 0 atom stereocenters. The fourth-order valence-corrected chi connectivity index (χ4v) is 2.76. The summed E-state index contributed by atoms with van der Waals surface area (Å²) in [4.78, 5) is 23.3. The summed E-state index contributed by atoms with van der Waals surface area (Å²) in [5.74, 6) is 0.467. The van der Waals surface area contributed by atoms with Crippen molar-refractivity contribution < 1.29 is 4.74 Å². The van der Waals surface area contributed by atoms with Crippen LogP contribution in [0.1, 0.15) is 19.9 Å². The fourth-order valence-electron chi connectivity index (χ4n) is 2.76. The monoisotopic (exact) mass is 394 g/mol. The van der Waals surface area contributed by atoms with Crippen LogP contribution in [0.4, 0.5) is 5.82 Å². The van der Waals surface area contributed by atoms with Crippen LogP contribution in [0.5, 0.6) is 5.88 Å². The normalized spacial score (nSPS) is 11.2. The number of hydrogen-bond donors (Lipinski definition) is 1. The molecule has 0 unspecified atom stereocenters. The van der Waals surface area contributed by atoms with Crippen molar-refractivity contribution in [3.05, 3.63) is 52.8 Å². The number of nitrogen functional groups attached to an aromatic ring is 1. The molecule has 0 aliphatic heterocycles. The highest BCUT2D eigenvalue weighted by Gasteiger charge is 2.18. The summed E-state index contributed by atoms with van der Waals surface area (Å²) in [6, 6.07) is 12.7. The lowest BCUT2D eigenvalue weighted by Gasteiger charge is -2.15. The van der Waals surface area contributed by atoms with Crippen LogP contribution >= 0.6 is 0 Å². The van der Waals surface area contributed by atoms with Gasteiger partial charge in [-0.2, -0.15) is 5.10 Å². The molecule has 3 rings (SSSR count). The summed E-state index contributed by atoms with van der Waals surface area (Å²) in [5, 5.41) is 4.50. The number of rotatable bonds is 7. The minimum Gasteiger partial charge on any atom is -0.474 e. The molecule has 0 bridgehead atoms. The van der Waals surface area contributed by atoms with Crippen LogP contribution in [0.3, 0.4) is 0 Å². The summed E-state index contributed by atoms with van der Waals surface area (Å²) in [6.45, 7) is 4.95. The van der Waals surface area contributed by atoms with E-state index in [-0.39, 0.29) is 23.3 Å². The van der Waals surface area contributed by atoms with Crippen LogP contribution < -0.4 is 16.0 Å². The summed E-state index contributed by atoms with van der Waals surface area (Å²) in [7, 11) is 3.92. The van der Waals surface area contributed by atoms with Crippen molar-refractivity contribution in [2.45, 2.75) is 19.9 Å². The lowest BCUT2D eigenvalue weighted by Crippen LogP contribution is -2.24. The van der Waals surface area contributed by atoms with Crippen LogP contribution in [-0.4, -0.2) is 51.9 Å². The topological polar surface area (TPSA) is 99.2 Å². The third-order valence-electron chi connectivity index (χ3n) is 4.27. The first-order chi connectivity index (χ1) is 13.9. The quantitative estimate of drug-likeness (QED) is 0.657. The molecule has 2 aromatic heterocycles. The van der Waals surface area contributed by atoms with Crippen molar-refractivity contribution in [3.8, 4) is 28.5 Å². The Morgan fingerprint density at radius 3 is 2.45 bits per heavy atom. The molecule has 2 N–H and O–H groups in total. The summed E-state index contributed by atoms with van der Waals surface area (Å²) >= 11 is 0. The van der Waals surface area contributed by atoms with E-state index in [0.717, 1.165) is 5.56 Å². The maximum Gasteiger partial charge on any atom is 0.267 e. The number of hydrogen-bond acceptors (Lipinski definition) is 7. The van der Waals surface area contributed by atoms with Gasteiger partial charge in [-0.15, -0.1) is 0 Å². The molecule has 0 aliphatic rings. The van der Waals surface area contributed by atoms with E-state index in [9.17, 15) is 4.79 Å². The van der Waals surface area contributed by atoms with Crippen molar-refractivity contribution >= 4 is 5.82 Å². The number of nitrogens with zero attached hydrogens (tertiary/aromatic N) is 5. The van der Waals surface area contributed by atoms with Crippen LogP contribution in [0, 0.1) is 0 Å². The number of likely N-dealkylation sites (N-methyl/N-ethyl adjacent to an activating group) is 1. The molecule has 0 spiro atoms. The predicted octanol–water partition coefficient (Wildman–Crippen LogP) is 2.47. The Bertz CT molecular complexity index is 1030. The number of benzene rings is 1. The molecule has 152 valence electrons. The van der Waals surface area contributed by atoms with Crippen LogP contribution in [0.15, 0.2) is 47.3 Å². The molecule has 29 heavy (non-hydrogen) atoms. The van der Waals surface area contributed by atoms with Gasteiger partial charge in [0.25, 0.3) is 11.4 Å². The first-order valence-corrected chi connectivity index (χ1v) is 9.47. The smallest absolute Gasteiger partial charge is 0.267 e. The van der Waals surface area contributed by atoms with Crippen molar-refractivity contribution in [1.82, 2.24) is 24.6 Å². The SMILES string of the molecule is CC(C)n1nc(-c2nc(OCCN(C)C)c(N)nc2-c2ccccc2)ccc1=O. The predicted molar refractivity (Wildman–Crippen MR) is 114 cm³/mol. The average molecular weight is 394 g/mol. The zero-order valence-corrected chi connectivity index (χ0v) is 17.2. The molecule has 0 radical (unpaired) electrons. The molecular weight excluding hydrogens is 368 g/mol. The lowest BCUT2D eigenvalue weighted by atomic mass is 10.1. The van der Waals surface area contributed by atoms with Gasteiger partial charge in [0.1, 0.15) is 23.7 Å². The summed E-state index contributed by atoms with van der Waals surface area (Å²) in [6.07, 6.45) is 0. The molecule has 0 fully saturated rings. The van der Waals surface area contributed by atoms with Gasteiger partial charge in [-0.3, -0.25) is 4.79 Å². The Kier molecular flexibility index (Phi) is 6.23. The van der Waals surface area contributed by atoms with Gasteiger partial charge in [0.05, 0.1) is 6.04 Å². The Labute approximate surface area is 170 Å². The highest BCUT2D eigenvalue weighted by molar-refractivity contribution is 5.77. The number of aromatic nitrogens is 4. The van der Waals surface area contributed by atoms with E-state index in [4.69, 9.17) is 10.5 Å². The summed E-state index contributed by atoms with van der Waals surface area (Å²) in [5.41, 5.74) is 8.45. The van der Waals surface area contributed by atoms with E-state index in [0.29, 0.717) is 30.2 Å². The standard InChI is InChI=1S/C21H26N6O2/c1-14(2)27-17(28)11-10-16(25-27)19-18(15-8-6-5-7-9-15)23-20(22)21(24-19)29-13-12-26(3)4/h5-11,14H,12-13H2,1-4H3,(H2,22,23). The van der Waals surface area contributed by atoms with Crippen LogP contribution in [0.25, 0.3) is 22.6 Å². The molecule has 3 aromatic rings. The fraction of sp³-hybridized carbons (Fsp3) is 0.333. The summed E-state index contributed by atoms with van der Waals surface area (Å²) < 4.78 is 7.19. The van der Waals surface area contributed by atoms with Gasteiger partial charge in [0.2, 0.25) is 0 Å². The third kappa shape index (κ3) is 4.78. The van der Waals surface area contributed by atoms with E-state index >= 15 is 0 Å². The molecule has 0 saturated carbocycles. The molecule has 0 saturated heterocycles. The highest BCUT2D eigenvalue weighted by atomic mass is 16.5. The van der Waals surface area contributed by atoms with E-state index < -0.39 is 0 Å². The zero-order valence-electron chi connectivity index (χ0n) is 17.2. The molecule has 8 nitrogen and oxygen atoms in total. The van der Waals surface area contributed by atoms with E-state index in [2.05, 4.69) is 15.1 Å². The lowest BCUT2D eigenvalue weighted by molar-refractivity contribution is 0.254. The molecule has 0 aliphatic carbocycles. The van der Waals surface area contributed by atoms with Gasteiger partial charge in [-0.05, 0) is 34.0 Å². The zero-order chi connectivity index (χ0) is 21.0. The van der Waals surface area contributed by atoms with Gasteiger partial charge >= 0.3 is 0 Å². The third-order valence-corrected chi connectivity index (χ3v) is 4.27. The van der Waals surface area contributed by atoms with Crippen molar-refractivity contribution in [3.63, 3.8) is 0 Å². The Hall–Kier alpha value is -3.26. The minimum absolute atomic E-state index is 0.0832. The first kappa shape index (κ1) is 20.5. The van der Waals surface area contributed by atoms with Crippen LogP contribution in [0.2, 0.25) is 0 Å². The highest BCUT2D eigenvalue weighted by Crippen LogP contribution is 2.32. The Morgan fingerprint density at radius 1 is 1.07 bits per heavy atom. The molecule has 8 heteroatoms. The molecule has 0 amide bonds. The number of ether oxygens (including phenoxy) is 1. The largest absolute Gasteiger partial charge is 0.474 e. The second-order valence-electron chi connectivity index (χ2n) is 7.22. The molecule has 1 aromatic carbocycles. The van der Waals surface area contributed by atoms with Crippen molar-refractivity contribution in [2.75, 3.05) is 33.0 Å². The minimum atomic E-state index is -0.170. The van der Waals surface area contributed by atoms with Gasteiger partial charge in [0.15, 0.2) is 5.82 Å². The average Bonchev–Trinajstić information content (AvgIpc) is 2.69. The maximum absolute atomic E-state index is 12.1. The molecule has 2 heterocycles. The van der Waals surface area contributed by atoms with Crippen LogP contribution in [-0.2, 0) is 0 Å². The second-order valence-corrected chi connectivity index (χ2v) is 7.22. The number of nitrogens with two attached hydrogens (primary N) is 1. The van der Waals surface area contributed by atoms with Gasteiger partial charge in [0, 0.05) is 18.2 Å². The maximum atomic E-state index is 12.1. The molecular formula is C21H26N6O2. The van der Waals surface area contributed by atoms with E-state index in [1.54, 1.807) is 6.07 Å². The van der Waals surface area contributed by atoms with Crippen molar-refractivity contribution in [1.29, 1.82) is 0 Å². The Balaban J connectivity index is 2.14.